The molecule has 0 aromatic heterocycles. The van der Waals surface area contributed by atoms with Crippen molar-refractivity contribution < 1.29 is 17.9 Å². The van der Waals surface area contributed by atoms with Crippen molar-refractivity contribution in [2.75, 3.05) is 13.7 Å². The summed E-state index contributed by atoms with van der Waals surface area (Å²) in [4.78, 5) is 0.257. The molecule has 0 unspecified atom stereocenters. The van der Waals surface area contributed by atoms with Crippen molar-refractivity contribution in [1.29, 1.82) is 0 Å². The maximum Gasteiger partial charge on any atom is 0.241 e. The first kappa shape index (κ1) is 18.3. The molecular formula is C18H23NO4S. The van der Waals surface area contributed by atoms with E-state index in [2.05, 4.69) is 4.72 Å². The molecule has 0 radical (unpaired) electrons. The average Bonchev–Trinajstić information content (AvgIpc) is 2.55. The van der Waals surface area contributed by atoms with Crippen LogP contribution in [0.2, 0.25) is 0 Å². The number of benzene rings is 2. The van der Waals surface area contributed by atoms with Crippen molar-refractivity contribution in [2.24, 2.45) is 0 Å². The molecule has 24 heavy (non-hydrogen) atoms. The van der Waals surface area contributed by atoms with Gasteiger partial charge in [-0.05, 0) is 56.2 Å². The van der Waals surface area contributed by atoms with Crippen molar-refractivity contribution in [3.63, 3.8) is 0 Å². The van der Waals surface area contributed by atoms with E-state index in [-0.39, 0.29) is 17.5 Å². The zero-order chi connectivity index (χ0) is 17.7. The molecular weight excluding hydrogens is 326 g/mol. The molecule has 0 aliphatic carbocycles. The molecule has 0 heterocycles. The minimum Gasteiger partial charge on any atom is -0.496 e. The second kappa shape index (κ2) is 7.68. The fourth-order valence-electron chi connectivity index (χ4n) is 2.38. The molecule has 0 fully saturated rings. The van der Waals surface area contributed by atoms with E-state index in [9.17, 15) is 8.42 Å². The molecule has 0 aliphatic heterocycles. The molecule has 6 heteroatoms. The molecule has 0 saturated carbocycles. The Kier molecular flexibility index (Phi) is 5.85. The lowest BCUT2D eigenvalue weighted by atomic mass is 10.1. The number of ether oxygens (including phenoxy) is 2. The van der Waals surface area contributed by atoms with Crippen molar-refractivity contribution in [2.45, 2.75) is 31.7 Å². The normalized spacial score (nSPS) is 12.7. The Morgan fingerprint density at radius 3 is 2.33 bits per heavy atom. The van der Waals surface area contributed by atoms with Crippen LogP contribution < -0.4 is 14.2 Å². The summed E-state index contributed by atoms with van der Waals surface area (Å²) >= 11 is 0. The van der Waals surface area contributed by atoms with E-state index in [4.69, 9.17) is 9.47 Å². The van der Waals surface area contributed by atoms with Gasteiger partial charge in [-0.2, -0.15) is 0 Å². The fourth-order valence-corrected chi connectivity index (χ4v) is 3.91. The molecule has 2 rings (SSSR count). The Bertz CT molecular complexity index is 788. The Morgan fingerprint density at radius 2 is 1.71 bits per heavy atom. The van der Waals surface area contributed by atoms with Crippen LogP contribution >= 0.6 is 0 Å². The fraction of sp³-hybridized carbons (Fsp3) is 0.333. The Balaban J connectivity index is 2.09. The first-order chi connectivity index (χ1) is 11.3. The third kappa shape index (κ3) is 4.27. The third-order valence-corrected chi connectivity index (χ3v) is 5.53. The number of nitrogens with one attached hydrogen (secondary N) is 1. The highest BCUT2D eigenvalue weighted by molar-refractivity contribution is 7.89. The molecule has 0 aliphatic rings. The molecule has 2 aromatic carbocycles. The van der Waals surface area contributed by atoms with Crippen LogP contribution in [0.1, 0.15) is 18.1 Å². The van der Waals surface area contributed by atoms with Gasteiger partial charge in [0.15, 0.2) is 0 Å². The summed E-state index contributed by atoms with van der Waals surface area (Å²) in [7, 11) is -2.06. The van der Waals surface area contributed by atoms with Crippen LogP contribution in [0.3, 0.4) is 0 Å². The van der Waals surface area contributed by atoms with Crippen LogP contribution in [0.5, 0.6) is 11.5 Å². The van der Waals surface area contributed by atoms with Gasteiger partial charge in [-0.3, -0.25) is 0 Å². The number of sulfonamides is 1. The summed E-state index contributed by atoms with van der Waals surface area (Å²) in [6.07, 6.45) is 0. The van der Waals surface area contributed by atoms with Gasteiger partial charge in [-0.1, -0.05) is 18.2 Å². The lowest BCUT2D eigenvalue weighted by Crippen LogP contribution is -2.37. The van der Waals surface area contributed by atoms with E-state index in [1.165, 1.54) is 0 Å². The summed E-state index contributed by atoms with van der Waals surface area (Å²) in [5, 5.41) is 0. The monoisotopic (exact) mass is 349 g/mol. The van der Waals surface area contributed by atoms with Gasteiger partial charge < -0.3 is 9.47 Å². The zero-order valence-electron chi connectivity index (χ0n) is 14.4. The number of hydrogen-bond acceptors (Lipinski definition) is 4. The van der Waals surface area contributed by atoms with E-state index in [1.54, 1.807) is 33.1 Å². The summed E-state index contributed by atoms with van der Waals surface area (Å²) < 4.78 is 38.7. The van der Waals surface area contributed by atoms with Crippen LogP contribution in [-0.4, -0.2) is 28.2 Å². The summed E-state index contributed by atoms with van der Waals surface area (Å²) in [5.41, 5.74) is 1.49. The first-order valence-electron chi connectivity index (χ1n) is 7.69. The Labute approximate surface area is 143 Å². The number of para-hydroxylation sites is 1. The topological polar surface area (TPSA) is 64.6 Å². The number of rotatable bonds is 7. The minimum atomic E-state index is -3.63. The van der Waals surface area contributed by atoms with Gasteiger partial charge in [0.1, 0.15) is 18.1 Å². The second-order valence-electron chi connectivity index (χ2n) is 5.66. The Hall–Kier alpha value is -2.05. The number of hydrogen-bond donors (Lipinski definition) is 1. The third-order valence-electron chi connectivity index (χ3n) is 3.80. The molecule has 130 valence electrons. The summed E-state index contributed by atoms with van der Waals surface area (Å²) in [6.45, 7) is 5.64. The van der Waals surface area contributed by atoms with E-state index in [0.29, 0.717) is 17.1 Å². The standard InChI is InChI=1S/C18H23NO4S/c1-13(12-23-16-8-6-5-7-9-16)19-24(20,21)18-11-10-17(22-4)14(2)15(18)3/h5-11,13,19H,12H2,1-4H3/t13-/m0/s1. The minimum absolute atomic E-state index is 0.247. The molecule has 5 nitrogen and oxygen atoms in total. The highest BCUT2D eigenvalue weighted by Crippen LogP contribution is 2.26. The largest absolute Gasteiger partial charge is 0.496 e. The SMILES string of the molecule is COc1ccc(S(=O)(=O)N[C@@H](C)COc2ccccc2)c(C)c1C. The zero-order valence-corrected chi connectivity index (χ0v) is 15.2. The highest BCUT2D eigenvalue weighted by atomic mass is 32.2. The van der Waals surface area contributed by atoms with Gasteiger partial charge in [-0.15, -0.1) is 0 Å². The lowest BCUT2D eigenvalue weighted by molar-refractivity contribution is 0.287. The van der Waals surface area contributed by atoms with Gasteiger partial charge in [0.25, 0.3) is 0 Å². The predicted octanol–water partition coefficient (Wildman–Crippen LogP) is 3.06. The molecule has 2 aromatic rings. The van der Waals surface area contributed by atoms with Crippen molar-refractivity contribution in [1.82, 2.24) is 4.72 Å². The number of methoxy groups -OCH3 is 1. The lowest BCUT2D eigenvalue weighted by Gasteiger charge is -2.18. The van der Waals surface area contributed by atoms with Gasteiger partial charge >= 0.3 is 0 Å². The maximum absolute atomic E-state index is 12.6. The van der Waals surface area contributed by atoms with E-state index < -0.39 is 10.0 Å². The molecule has 1 atom stereocenters. The van der Waals surface area contributed by atoms with E-state index in [0.717, 1.165) is 5.56 Å². The quantitative estimate of drug-likeness (QED) is 0.834. The summed E-state index contributed by atoms with van der Waals surface area (Å²) in [5.74, 6) is 1.38. The second-order valence-corrected chi connectivity index (χ2v) is 7.34. The van der Waals surface area contributed by atoms with Gasteiger partial charge in [0, 0.05) is 0 Å². The van der Waals surface area contributed by atoms with Crippen molar-refractivity contribution >= 4 is 10.0 Å². The van der Waals surface area contributed by atoms with Crippen molar-refractivity contribution in [3.05, 3.63) is 53.6 Å². The molecule has 0 saturated heterocycles. The highest BCUT2D eigenvalue weighted by Gasteiger charge is 2.21. The van der Waals surface area contributed by atoms with Gasteiger partial charge in [0.2, 0.25) is 10.0 Å². The van der Waals surface area contributed by atoms with Crippen LogP contribution in [0.4, 0.5) is 0 Å². The van der Waals surface area contributed by atoms with Gasteiger partial charge in [0.05, 0.1) is 18.0 Å². The Morgan fingerprint density at radius 1 is 1.04 bits per heavy atom. The van der Waals surface area contributed by atoms with Crippen LogP contribution in [-0.2, 0) is 10.0 Å². The summed E-state index contributed by atoms with van der Waals surface area (Å²) in [6, 6.07) is 12.2. The molecule has 1 N–H and O–H groups in total. The molecule has 0 spiro atoms. The molecule has 0 amide bonds. The van der Waals surface area contributed by atoms with E-state index in [1.807, 2.05) is 37.3 Å². The maximum atomic E-state index is 12.6. The van der Waals surface area contributed by atoms with Gasteiger partial charge in [-0.25, -0.2) is 13.1 Å². The van der Waals surface area contributed by atoms with Crippen LogP contribution in [0.25, 0.3) is 0 Å². The van der Waals surface area contributed by atoms with Crippen LogP contribution in [0, 0.1) is 13.8 Å². The molecule has 0 bridgehead atoms. The van der Waals surface area contributed by atoms with E-state index >= 15 is 0 Å². The smallest absolute Gasteiger partial charge is 0.241 e. The first-order valence-corrected chi connectivity index (χ1v) is 9.18. The predicted molar refractivity (Wildman–Crippen MR) is 94.2 cm³/mol. The average molecular weight is 349 g/mol. The van der Waals surface area contributed by atoms with Crippen molar-refractivity contribution in [3.8, 4) is 11.5 Å². The van der Waals surface area contributed by atoms with Crippen LogP contribution in [0.15, 0.2) is 47.4 Å².